The lowest BCUT2D eigenvalue weighted by Crippen LogP contribution is -2.16. The second kappa shape index (κ2) is 4.13. The molecule has 0 atom stereocenters. The van der Waals surface area contributed by atoms with Gasteiger partial charge in [0.25, 0.3) is 11.5 Å². The van der Waals surface area contributed by atoms with Crippen molar-refractivity contribution in [2.45, 2.75) is 0 Å². The van der Waals surface area contributed by atoms with Crippen LogP contribution in [0.1, 0.15) is 10.5 Å². The molecule has 1 heterocycles. The fraction of sp³-hybridized carbons (Fsp3) is 0. The first-order valence-corrected chi connectivity index (χ1v) is 4.30. The van der Waals surface area contributed by atoms with Gasteiger partial charge in [-0.25, -0.2) is 9.78 Å². The lowest BCUT2D eigenvalue weighted by Gasteiger charge is -1.98. The molecule has 0 bridgehead atoms. The number of hydrogen-bond donors (Lipinski definition) is 1. The first-order chi connectivity index (χ1) is 6.93. The van der Waals surface area contributed by atoms with Crippen molar-refractivity contribution >= 4 is 33.4 Å². The van der Waals surface area contributed by atoms with E-state index in [9.17, 15) is 19.7 Å². The smallest absolute Gasteiger partial charge is 0.379 e. The molecule has 8 heteroatoms. The van der Waals surface area contributed by atoms with Gasteiger partial charge in [0.1, 0.15) is 0 Å². The maximum atomic E-state index is 11.0. The highest BCUT2D eigenvalue weighted by atomic mass is 79.9. The Morgan fingerprint density at radius 1 is 1.53 bits per heavy atom. The van der Waals surface area contributed by atoms with Gasteiger partial charge in [-0.3, -0.25) is 14.9 Å². The summed E-state index contributed by atoms with van der Waals surface area (Å²) in [5, 5.41) is 18.9. The summed E-state index contributed by atoms with van der Waals surface area (Å²) < 4.78 is 0.288. The van der Waals surface area contributed by atoms with Crippen molar-refractivity contribution in [1.29, 1.82) is 0 Å². The standard InChI is InChI=1S/C7H3BrN2O5/c8-3-1-4(10(14)15)5(9-2-3)6(11)7(12)13/h1-2H,(H,12,13). The lowest BCUT2D eigenvalue weighted by atomic mass is 10.2. The Morgan fingerprint density at radius 3 is 2.60 bits per heavy atom. The van der Waals surface area contributed by atoms with Crippen LogP contribution in [-0.4, -0.2) is 26.8 Å². The van der Waals surface area contributed by atoms with Crippen molar-refractivity contribution in [3.63, 3.8) is 0 Å². The molecule has 0 saturated heterocycles. The quantitative estimate of drug-likeness (QED) is 0.381. The largest absolute Gasteiger partial charge is 0.475 e. The molecule has 1 N–H and O–H groups in total. The highest BCUT2D eigenvalue weighted by Crippen LogP contribution is 2.21. The van der Waals surface area contributed by atoms with E-state index in [1.165, 1.54) is 0 Å². The van der Waals surface area contributed by atoms with Crippen molar-refractivity contribution in [1.82, 2.24) is 4.98 Å². The molecule has 7 nitrogen and oxygen atoms in total. The molecule has 0 spiro atoms. The van der Waals surface area contributed by atoms with Gasteiger partial charge in [-0.1, -0.05) is 0 Å². The molecule has 0 aliphatic rings. The zero-order valence-electron chi connectivity index (χ0n) is 7.01. The summed E-state index contributed by atoms with van der Waals surface area (Å²) in [5.74, 6) is -3.19. The minimum atomic E-state index is -1.78. The van der Waals surface area contributed by atoms with E-state index in [1.54, 1.807) is 0 Å². The van der Waals surface area contributed by atoms with Gasteiger partial charge in [-0.2, -0.15) is 0 Å². The molecular formula is C7H3BrN2O5. The Labute approximate surface area is 91.0 Å². The monoisotopic (exact) mass is 274 g/mol. The van der Waals surface area contributed by atoms with Gasteiger partial charge in [0, 0.05) is 16.7 Å². The van der Waals surface area contributed by atoms with Crippen LogP contribution < -0.4 is 0 Å². The number of pyridine rings is 1. The Bertz CT molecular complexity index is 459. The minimum Gasteiger partial charge on any atom is -0.475 e. The Kier molecular flexibility index (Phi) is 3.10. The van der Waals surface area contributed by atoms with Crippen molar-refractivity contribution in [2.24, 2.45) is 0 Å². The zero-order chi connectivity index (χ0) is 11.6. The molecule has 0 aromatic carbocycles. The molecular weight excluding hydrogens is 272 g/mol. The third-order valence-corrected chi connectivity index (χ3v) is 1.87. The number of nitrogens with zero attached hydrogens (tertiary/aromatic N) is 2. The number of halogens is 1. The van der Waals surface area contributed by atoms with E-state index >= 15 is 0 Å². The topological polar surface area (TPSA) is 110 Å². The van der Waals surface area contributed by atoms with Crippen molar-refractivity contribution in [3.05, 3.63) is 32.5 Å². The minimum absolute atomic E-state index is 0.288. The number of ketones is 1. The van der Waals surface area contributed by atoms with E-state index in [0.29, 0.717) is 0 Å². The van der Waals surface area contributed by atoms with E-state index < -0.39 is 28.1 Å². The van der Waals surface area contributed by atoms with E-state index in [4.69, 9.17) is 5.11 Å². The Hall–Kier alpha value is -1.83. The van der Waals surface area contributed by atoms with Gasteiger partial charge in [0.2, 0.25) is 0 Å². The third kappa shape index (κ3) is 2.34. The number of aliphatic carboxylic acids is 1. The van der Waals surface area contributed by atoms with Crippen molar-refractivity contribution in [3.8, 4) is 0 Å². The highest BCUT2D eigenvalue weighted by molar-refractivity contribution is 9.10. The molecule has 78 valence electrons. The molecule has 0 unspecified atom stereocenters. The normalized spacial score (nSPS) is 9.67. The summed E-state index contributed by atoms with van der Waals surface area (Å²) in [6.45, 7) is 0. The predicted molar refractivity (Wildman–Crippen MR) is 50.6 cm³/mol. The molecule has 0 aliphatic heterocycles. The Morgan fingerprint density at radius 2 is 2.13 bits per heavy atom. The zero-order valence-corrected chi connectivity index (χ0v) is 8.59. The maximum Gasteiger partial charge on any atom is 0.379 e. The van der Waals surface area contributed by atoms with Crippen LogP contribution in [0.25, 0.3) is 0 Å². The molecule has 0 fully saturated rings. The van der Waals surface area contributed by atoms with E-state index in [2.05, 4.69) is 20.9 Å². The summed E-state index contributed by atoms with van der Waals surface area (Å²) in [7, 11) is 0. The average molecular weight is 275 g/mol. The number of Topliss-reactive ketones (excluding diaryl/α,β-unsaturated/α-hetero) is 1. The number of carboxylic acid groups (broad SMARTS) is 1. The molecule has 1 aromatic rings. The molecule has 1 aromatic heterocycles. The first kappa shape index (κ1) is 11.2. The first-order valence-electron chi connectivity index (χ1n) is 3.51. The van der Waals surface area contributed by atoms with Crippen LogP contribution in [0.5, 0.6) is 0 Å². The van der Waals surface area contributed by atoms with Gasteiger partial charge in [-0.05, 0) is 15.9 Å². The van der Waals surface area contributed by atoms with Gasteiger partial charge in [0.05, 0.1) is 4.92 Å². The number of rotatable bonds is 3. The maximum absolute atomic E-state index is 11.0. The number of carboxylic acids is 1. The predicted octanol–water partition coefficient (Wildman–Crippen LogP) is 1.02. The van der Waals surface area contributed by atoms with Crippen LogP contribution in [0.4, 0.5) is 5.69 Å². The van der Waals surface area contributed by atoms with Gasteiger partial charge in [0.15, 0.2) is 5.69 Å². The lowest BCUT2D eigenvalue weighted by molar-refractivity contribution is -0.385. The van der Waals surface area contributed by atoms with E-state index in [1.807, 2.05) is 0 Å². The van der Waals surface area contributed by atoms with Gasteiger partial charge >= 0.3 is 5.97 Å². The second-order valence-corrected chi connectivity index (χ2v) is 3.33. The number of aromatic nitrogens is 1. The molecule has 15 heavy (non-hydrogen) atoms. The summed E-state index contributed by atoms with van der Waals surface area (Å²) >= 11 is 2.93. The van der Waals surface area contributed by atoms with Crippen molar-refractivity contribution < 1.29 is 19.6 Å². The number of carbonyl (C=O) groups is 2. The summed E-state index contributed by atoms with van der Waals surface area (Å²) in [4.78, 5) is 34.4. The molecule has 0 radical (unpaired) electrons. The number of hydrogen-bond acceptors (Lipinski definition) is 5. The van der Waals surface area contributed by atoms with Crippen LogP contribution in [0.3, 0.4) is 0 Å². The van der Waals surface area contributed by atoms with Gasteiger partial charge in [-0.15, -0.1) is 0 Å². The van der Waals surface area contributed by atoms with Crippen LogP contribution in [0.2, 0.25) is 0 Å². The third-order valence-electron chi connectivity index (χ3n) is 1.44. The van der Waals surface area contributed by atoms with Crippen LogP contribution in [0, 0.1) is 10.1 Å². The summed E-state index contributed by atoms with van der Waals surface area (Å²) in [6.07, 6.45) is 1.11. The average Bonchev–Trinajstić information content (AvgIpc) is 2.16. The summed E-state index contributed by atoms with van der Waals surface area (Å²) in [6, 6.07) is 1.02. The molecule has 0 amide bonds. The summed E-state index contributed by atoms with van der Waals surface area (Å²) in [5.41, 5.74) is -1.33. The number of nitro groups is 1. The molecule has 0 aliphatic carbocycles. The second-order valence-electron chi connectivity index (χ2n) is 2.41. The Balaban J connectivity index is 3.35. The number of carbonyl (C=O) groups excluding carboxylic acids is 1. The molecule has 0 saturated carbocycles. The van der Waals surface area contributed by atoms with E-state index in [-0.39, 0.29) is 4.47 Å². The fourth-order valence-electron chi connectivity index (χ4n) is 0.844. The fourth-order valence-corrected chi connectivity index (χ4v) is 1.16. The van der Waals surface area contributed by atoms with Crippen LogP contribution in [0.15, 0.2) is 16.7 Å². The van der Waals surface area contributed by atoms with Gasteiger partial charge < -0.3 is 5.11 Å². The van der Waals surface area contributed by atoms with Crippen molar-refractivity contribution in [2.75, 3.05) is 0 Å². The molecule has 1 rings (SSSR count). The highest BCUT2D eigenvalue weighted by Gasteiger charge is 2.26. The van der Waals surface area contributed by atoms with Crippen LogP contribution in [-0.2, 0) is 4.79 Å². The SMILES string of the molecule is O=C(O)C(=O)c1ncc(Br)cc1[N+](=O)[O-]. The van der Waals surface area contributed by atoms with E-state index in [0.717, 1.165) is 12.3 Å². The van der Waals surface area contributed by atoms with Crippen LogP contribution >= 0.6 is 15.9 Å².